The first-order valence-electron chi connectivity index (χ1n) is 17.9. The van der Waals surface area contributed by atoms with Gasteiger partial charge in [-0.2, -0.15) is 0 Å². The Morgan fingerprint density at radius 3 is 1.90 bits per heavy atom. The van der Waals surface area contributed by atoms with Crippen molar-refractivity contribution in [2.45, 2.75) is 121 Å². The molecular formula is C37H56N10O. The Kier molecular flexibility index (Phi) is 10.3. The van der Waals surface area contributed by atoms with Crippen LogP contribution in [0.4, 0.5) is 5.82 Å². The van der Waals surface area contributed by atoms with Gasteiger partial charge >= 0.3 is 0 Å². The lowest BCUT2D eigenvalue weighted by Gasteiger charge is -2.39. The van der Waals surface area contributed by atoms with Gasteiger partial charge in [0.15, 0.2) is 0 Å². The number of piperidine rings is 2. The molecule has 260 valence electrons. The maximum Gasteiger partial charge on any atom is 0.232 e. The van der Waals surface area contributed by atoms with Crippen molar-refractivity contribution in [1.82, 2.24) is 45.9 Å². The summed E-state index contributed by atoms with van der Waals surface area (Å²) in [7, 11) is 0. The van der Waals surface area contributed by atoms with Gasteiger partial charge in [0.05, 0.1) is 47.6 Å². The van der Waals surface area contributed by atoms with Gasteiger partial charge in [0.25, 0.3) is 0 Å². The number of aromatic nitrogens is 6. The summed E-state index contributed by atoms with van der Waals surface area (Å²) in [5, 5.41) is 10.9. The number of ether oxygens (including phenoxy) is 1. The van der Waals surface area contributed by atoms with E-state index in [2.05, 4.69) is 79.3 Å². The summed E-state index contributed by atoms with van der Waals surface area (Å²) in [5.74, 6) is 1.95. The van der Waals surface area contributed by atoms with E-state index in [9.17, 15) is 0 Å². The molecule has 0 saturated carbocycles. The largest absolute Gasteiger partial charge is 0.473 e. The van der Waals surface area contributed by atoms with Crippen LogP contribution in [0.25, 0.3) is 0 Å². The van der Waals surface area contributed by atoms with Crippen LogP contribution in [0.15, 0.2) is 37.2 Å². The van der Waals surface area contributed by atoms with Crippen LogP contribution in [-0.2, 0) is 16.2 Å². The highest BCUT2D eigenvalue weighted by atomic mass is 16.5. The SMILES string of the molecule is CC(C)(C)c1cnc(OC2CCNC(C3CC(c4cnc(C(C)(C)CC(C)(C)c5cnc(N6CCNCC6)cn5)cn4)CCN3)C2)cn1. The minimum atomic E-state index is -0.178. The van der Waals surface area contributed by atoms with Gasteiger partial charge in [-0.05, 0) is 38.8 Å². The fourth-order valence-corrected chi connectivity index (χ4v) is 7.70. The first kappa shape index (κ1) is 34.6. The molecule has 0 aliphatic carbocycles. The Labute approximate surface area is 286 Å². The van der Waals surface area contributed by atoms with E-state index in [4.69, 9.17) is 24.7 Å². The maximum absolute atomic E-state index is 6.32. The summed E-state index contributed by atoms with van der Waals surface area (Å²) in [6.07, 6.45) is 16.5. The van der Waals surface area contributed by atoms with Crippen LogP contribution in [0.5, 0.6) is 5.88 Å². The fraction of sp³-hybridized carbons (Fsp3) is 0.676. The van der Waals surface area contributed by atoms with Gasteiger partial charge in [0.2, 0.25) is 5.88 Å². The lowest BCUT2D eigenvalue weighted by molar-refractivity contribution is 0.115. The molecule has 0 radical (unpaired) electrons. The Balaban J connectivity index is 1.04. The monoisotopic (exact) mass is 656 g/mol. The Morgan fingerprint density at radius 2 is 1.29 bits per heavy atom. The number of nitrogens with zero attached hydrogens (tertiary/aromatic N) is 7. The van der Waals surface area contributed by atoms with Crippen molar-refractivity contribution >= 4 is 5.82 Å². The van der Waals surface area contributed by atoms with Gasteiger partial charge in [0.1, 0.15) is 11.9 Å². The highest BCUT2D eigenvalue weighted by Gasteiger charge is 2.36. The molecule has 4 unspecified atom stereocenters. The Hall–Kier alpha value is -3.28. The normalized spacial score (nSPS) is 24.4. The van der Waals surface area contributed by atoms with Crippen LogP contribution < -0.4 is 25.6 Å². The van der Waals surface area contributed by atoms with E-state index in [0.717, 1.165) is 100.0 Å². The van der Waals surface area contributed by atoms with E-state index < -0.39 is 0 Å². The molecule has 4 atom stereocenters. The Morgan fingerprint density at radius 1 is 0.667 bits per heavy atom. The number of hydrogen-bond donors (Lipinski definition) is 3. The second-order valence-corrected chi connectivity index (χ2v) is 16.4. The highest BCUT2D eigenvalue weighted by molar-refractivity contribution is 5.37. The topological polar surface area (TPSA) is 126 Å². The summed E-state index contributed by atoms with van der Waals surface area (Å²) in [5.41, 5.74) is 3.72. The van der Waals surface area contributed by atoms with Gasteiger partial charge in [-0.25, -0.2) is 9.97 Å². The van der Waals surface area contributed by atoms with Crippen LogP contribution >= 0.6 is 0 Å². The van der Waals surface area contributed by atoms with Gasteiger partial charge in [-0.15, -0.1) is 0 Å². The van der Waals surface area contributed by atoms with E-state index in [1.165, 1.54) is 0 Å². The van der Waals surface area contributed by atoms with Crippen LogP contribution in [-0.4, -0.2) is 87.4 Å². The molecule has 48 heavy (non-hydrogen) atoms. The molecule has 3 fully saturated rings. The molecule has 0 bridgehead atoms. The van der Waals surface area contributed by atoms with Crippen molar-refractivity contribution in [1.29, 1.82) is 0 Å². The summed E-state index contributed by atoms with van der Waals surface area (Å²) in [4.78, 5) is 31.2. The third-order valence-corrected chi connectivity index (χ3v) is 10.4. The van der Waals surface area contributed by atoms with Crippen LogP contribution in [0.1, 0.15) is 109 Å². The molecule has 6 rings (SSSR count). The van der Waals surface area contributed by atoms with Crippen molar-refractivity contribution in [3.05, 3.63) is 60.0 Å². The number of anilines is 1. The molecule has 6 heterocycles. The van der Waals surface area contributed by atoms with Crippen molar-refractivity contribution in [3.63, 3.8) is 0 Å². The van der Waals surface area contributed by atoms with Crippen LogP contribution in [0.3, 0.4) is 0 Å². The maximum atomic E-state index is 6.32. The number of rotatable bonds is 9. The van der Waals surface area contributed by atoms with Crippen molar-refractivity contribution in [2.24, 2.45) is 0 Å². The molecular weight excluding hydrogens is 600 g/mol. The van der Waals surface area contributed by atoms with Gasteiger partial charge in [-0.3, -0.25) is 19.9 Å². The summed E-state index contributed by atoms with van der Waals surface area (Å²) in [6.45, 7) is 21.3. The third-order valence-electron chi connectivity index (χ3n) is 10.4. The fourth-order valence-electron chi connectivity index (χ4n) is 7.70. The van der Waals surface area contributed by atoms with Crippen LogP contribution in [0, 0.1) is 0 Å². The van der Waals surface area contributed by atoms with Crippen LogP contribution in [0.2, 0.25) is 0 Å². The molecule has 0 amide bonds. The van der Waals surface area contributed by atoms with Crippen molar-refractivity contribution < 1.29 is 4.74 Å². The lowest BCUT2D eigenvalue weighted by atomic mass is 9.72. The standard InChI is InChI=1S/C37H56N10O/c1-35(2,3)30-19-46-34(23-44-30)48-26-9-11-40-28(17-26)27-16-25(8-10-39-27)29-18-42-31(20-41-29)36(4,5)24-37(6,7)32-21-45-33(22-43-32)47-14-12-38-13-15-47/h18-23,25-28,38-40H,8-17,24H2,1-7H3. The second kappa shape index (κ2) is 14.3. The molecule has 3 aromatic rings. The summed E-state index contributed by atoms with van der Waals surface area (Å²) in [6, 6.07) is 0.679. The predicted molar refractivity (Wildman–Crippen MR) is 190 cm³/mol. The van der Waals surface area contributed by atoms with E-state index in [-0.39, 0.29) is 22.3 Å². The number of nitrogens with one attached hydrogen (secondary N) is 3. The predicted octanol–water partition coefficient (Wildman–Crippen LogP) is 4.44. The minimum Gasteiger partial charge on any atom is -0.473 e. The van der Waals surface area contributed by atoms with Gasteiger partial charge < -0.3 is 25.6 Å². The minimum absolute atomic E-state index is 0.0273. The Bertz CT molecular complexity index is 1460. The average Bonchev–Trinajstić information content (AvgIpc) is 3.08. The van der Waals surface area contributed by atoms with E-state index >= 15 is 0 Å². The third kappa shape index (κ3) is 8.29. The quantitative estimate of drug-likeness (QED) is 0.303. The lowest BCUT2D eigenvalue weighted by Crippen LogP contribution is -2.55. The molecule has 0 aromatic carbocycles. The summed E-state index contributed by atoms with van der Waals surface area (Å²) < 4.78 is 6.32. The number of hydrogen-bond acceptors (Lipinski definition) is 11. The van der Waals surface area contributed by atoms with E-state index in [0.29, 0.717) is 23.9 Å². The van der Waals surface area contributed by atoms with Gasteiger partial charge in [0, 0.05) is 79.2 Å². The zero-order valence-electron chi connectivity index (χ0n) is 30.1. The van der Waals surface area contributed by atoms with Crippen molar-refractivity contribution in [3.8, 4) is 5.88 Å². The van der Waals surface area contributed by atoms with Gasteiger partial charge in [-0.1, -0.05) is 48.5 Å². The zero-order valence-corrected chi connectivity index (χ0v) is 30.1. The zero-order chi connectivity index (χ0) is 33.9. The molecule has 3 N–H and O–H groups in total. The van der Waals surface area contributed by atoms with E-state index in [1.807, 2.05) is 31.0 Å². The first-order valence-corrected chi connectivity index (χ1v) is 17.9. The molecule has 11 heteroatoms. The average molecular weight is 657 g/mol. The van der Waals surface area contributed by atoms with Crippen molar-refractivity contribution in [2.75, 3.05) is 44.2 Å². The highest BCUT2D eigenvalue weighted by Crippen LogP contribution is 2.38. The molecule has 3 aliphatic heterocycles. The smallest absolute Gasteiger partial charge is 0.232 e. The molecule has 11 nitrogen and oxygen atoms in total. The molecule has 0 spiro atoms. The molecule has 3 aromatic heterocycles. The van der Waals surface area contributed by atoms with E-state index in [1.54, 1.807) is 6.20 Å². The second-order valence-electron chi connectivity index (χ2n) is 16.4. The number of piperazine rings is 1. The summed E-state index contributed by atoms with van der Waals surface area (Å²) >= 11 is 0. The first-order chi connectivity index (χ1) is 22.9. The molecule has 3 aliphatic rings. The molecule has 3 saturated heterocycles.